The Hall–Kier alpha value is -2.40. The molecule has 3 rings (SSSR count). The van der Waals surface area contributed by atoms with Crippen LogP contribution in [0.15, 0.2) is 48.8 Å². The highest BCUT2D eigenvalue weighted by atomic mass is 35.5. The number of hydrogen-bond acceptors (Lipinski definition) is 2. The normalized spacial score (nSPS) is 10.7. The van der Waals surface area contributed by atoms with E-state index < -0.39 is 5.82 Å². The lowest BCUT2D eigenvalue weighted by Crippen LogP contribution is -2.12. The Kier molecular flexibility index (Phi) is 3.12. The average molecular weight is 290 g/mol. The zero-order valence-corrected chi connectivity index (χ0v) is 10.9. The fourth-order valence-corrected chi connectivity index (χ4v) is 1.99. The van der Waals surface area contributed by atoms with Gasteiger partial charge in [0.05, 0.1) is 5.02 Å². The number of pyridine rings is 1. The summed E-state index contributed by atoms with van der Waals surface area (Å²) in [6.07, 6.45) is 3.42. The summed E-state index contributed by atoms with van der Waals surface area (Å²) in [5.74, 6) is -0.909. The lowest BCUT2D eigenvalue weighted by Gasteiger charge is -2.03. The van der Waals surface area contributed by atoms with Gasteiger partial charge < -0.3 is 9.72 Å². The van der Waals surface area contributed by atoms with Gasteiger partial charge in [-0.1, -0.05) is 17.7 Å². The lowest BCUT2D eigenvalue weighted by molar-refractivity contribution is 0.102. The first kappa shape index (κ1) is 12.6. The molecule has 0 fully saturated rings. The Morgan fingerprint density at radius 3 is 2.90 bits per heavy atom. The number of aromatic nitrogens is 2. The van der Waals surface area contributed by atoms with E-state index in [9.17, 15) is 9.18 Å². The molecule has 0 bridgehead atoms. The number of halogens is 2. The van der Waals surface area contributed by atoms with E-state index in [0.29, 0.717) is 11.3 Å². The summed E-state index contributed by atoms with van der Waals surface area (Å²) in [5.41, 5.74) is 1.37. The fraction of sp³-hybridized carbons (Fsp3) is 0. The molecule has 0 spiro atoms. The van der Waals surface area contributed by atoms with Crippen molar-refractivity contribution in [3.63, 3.8) is 0 Å². The molecule has 4 nitrogen and oxygen atoms in total. The molecular weight excluding hydrogens is 281 g/mol. The van der Waals surface area contributed by atoms with Crippen molar-refractivity contribution < 1.29 is 9.18 Å². The highest BCUT2D eigenvalue weighted by Crippen LogP contribution is 2.19. The number of nitrogens with zero attached hydrogens (tertiary/aromatic N) is 2. The second-order valence-electron chi connectivity index (χ2n) is 4.18. The van der Waals surface area contributed by atoms with Crippen LogP contribution in [0.3, 0.4) is 0 Å². The maximum absolute atomic E-state index is 13.0. The van der Waals surface area contributed by atoms with Gasteiger partial charge in [0.25, 0.3) is 5.91 Å². The number of nitrogens with one attached hydrogen (secondary N) is 1. The standard InChI is InChI=1S/C14H9ClFN3O/c15-10-7-9(4-5-11(10)16)17-14(20)12-8-19-6-2-1-3-13(19)18-12/h1-8H,(H,17,20). The molecule has 0 aliphatic carbocycles. The van der Waals surface area contributed by atoms with Crippen LogP contribution in [0.2, 0.25) is 5.02 Å². The van der Waals surface area contributed by atoms with Crippen molar-refractivity contribution >= 4 is 28.8 Å². The van der Waals surface area contributed by atoms with Gasteiger partial charge in [-0.05, 0) is 30.3 Å². The average Bonchev–Trinajstić information content (AvgIpc) is 2.87. The summed E-state index contributed by atoms with van der Waals surface area (Å²) in [7, 11) is 0. The maximum atomic E-state index is 13.0. The SMILES string of the molecule is O=C(Nc1ccc(F)c(Cl)c1)c1cn2ccccc2n1. The Bertz CT molecular complexity index is 767. The van der Waals surface area contributed by atoms with Gasteiger partial charge in [-0.15, -0.1) is 0 Å². The molecule has 3 aromatic rings. The molecule has 2 aromatic heterocycles. The number of carbonyl (C=O) groups excluding carboxylic acids is 1. The molecule has 0 atom stereocenters. The van der Waals surface area contributed by atoms with Gasteiger partial charge in [0.2, 0.25) is 0 Å². The number of benzene rings is 1. The van der Waals surface area contributed by atoms with E-state index in [2.05, 4.69) is 10.3 Å². The molecule has 2 heterocycles. The molecule has 0 aliphatic heterocycles. The van der Waals surface area contributed by atoms with Gasteiger partial charge in [-0.2, -0.15) is 0 Å². The number of carbonyl (C=O) groups is 1. The lowest BCUT2D eigenvalue weighted by atomic mass is 10.3. The Morgan fingerprint density at radius 2 is 2.15 bits per heavy atom. The first-order valence-electron chi connectivity index (χ1n) is 5.83. The van der Waals surface area contributed by atoms with E-state index >= 15 is 0 Å². The third-order valence-electron chi connectivity index (χ3n) is 2.77. The Morgan fingerprint density at radius 1 is 1.30 bits per heavy atom. The van der Waals surface area contributed by atoms with Gasteiger partial charge in [-0.3, -0.25) is 4.79 Å². The summed E-state index contributed by atoms with van der Waals surface area (Å²) in [6.45, 7) is 0. The highest BCUT2D eigenvalue weighted by molar-refractivity contribution is 6.31. The molecule has 1 aromatic carbocycles. The van der Waals surface area contributed by atoms with Crippen LogP contribution >= 0.6 is 11.6 Å². The number of amides is 1. The summed E-state index contributed by atoms with van der Waals surface area (Å²) < 4.78 is 14.8. The van der Waals surface area contributed by atoms with Crippen molar-refractivity contribution in [2.75, 3.05) is 5.32 Å². The minimum Gasteiger partial charge on any atom is -0.321 e. The van der Waals surface area contributed by atoms with Crippen LogP contribution in [-0.4, -0.2) is 15.3 Å². The summed E-state index contributed by atoms with van der Waals surface area (Å²) in [5, 5.41) is 2.58. The third-order valence-corrected chi connectivity index (χ3v) is 3.06. The first-order chi connectivity index (χ1) is 9.63. The molecule has 0 saturated carbocycles. The molecule has 100 valence electrons. The minimum absolute atomic E-state index is 0.0437. The van der Waals surface area contributed by atoms with Crippen molar-refractivity contribution in [2.24, 2.45) is 0 Å². The smallest absolute Gasteiger partial charge is 0.275 e. The van der Waals surface area contributed by atoms with Gasteiger partial charge in [0.1, 0.15) is 17.2 Å². The second-order valence-corrected chi connectivity index (χ2v) is 4.58. The number of rotatable bonds is 2. The van der Waals surface area contributed by atoms with E-state index in [1.54, 1.807) is 22.9 Å². The van der Waals surface area contributed by atoms with E-state index in [4.69, 9.17) is 11.6 Å². The predicted molar refractivity (Wildman–Crippen MR) is 74.6 cm³/mol. The third kappa shape index (κ3) is 2.35. The largest absolute Gasteiger partial charge is 0.321 e. The van der Waals surface area contributed by atoms with E-state index in [0.717, 1.165) is 0 Å². The zero-order chi connectivity index (χ0) is 14.1. The van der Waals surface area contributed by atoms with Crippen LogP contribution < -0.4 is 5.32 Å². The maximum Gasteiger partial charge on any atom is 0.275 e. The van der Waals surface area contributed by atoms with Gasteiger partial charge in [-0.25, -0.2) is 9.37 Å². The quantitative estimate of drug-likeness (QED) is 0.786. The number of anilines is 1. The summed E-state index contributed by atoms with van der Waals surface area (Å²) in [4.78, 5) is 16.2. The summed E-state index contributed by atoms with van der Waals surface area (Å²) in [6, 6.07) is 9.46. The second kappa shape index (κ2) is 4.94. The van der Waals surface area contributed by atoms with Crippen molar-refractivity contribution in [3.05, 3.63) is 65.3 Å². The number of fused-ring (bicyclic) bond motifs is 1. The molecule has 0 saturated heterocycles. The van der Waals surface area contributed by atoms with Crippen LogP contribution in [0.1, 0.15) is 10.5 Å². The van der Waals surface area contributed by atoms with Crippen molar-refractivity contribution in [2.45, 2.75) is 0 Å². The monoisotopic (exact) mass is 289 g/mol. The van der Waals surface area contributed by atoms with E-state index in [1.807, 2.05) is 12.1 Å². The first-order valence-corrected chi connectivity index (χ1v) is 6.21. The van der Waals surface area contributed by atoms with Crippen LogP contribution in [0.25, 0.3) is 5.65 Å². The molecule has 20 heavy (non-hydrogen) atoms. The van der Waals surface area contributed by atoms with Crippen LogP contribution in [0, 0.1) is 5.82 Å². The van der Waals surface area contributed by atoms with Gasteiger partial charge >= 0.3 is 0 Å². The molecule has 1 amide bonds. The van der Waals surface area contributed by atoms with Gasteiger partial charge in [0.15, 0.2) is 0 Å². The Balaban J connectivity index is 1.86. The number of hydrogen-bond donors (Lipinski definition) is 1. The minimum atomic E-state index is -0.530. The van der Waals surface area contributed by atoms with E-state index in [1.165, 1.54) is 18.2 Å². The molecule has 0 radical (unpaired) electrons. The fourth-order valence-electron chi connectivity index (χ4n) is 1.81. The molecule has 1 N–H and O–H groups in total. The van der Waals surface area contributed by atoms with Crippen molar-refractivity contribution in [3.8, 4) is 0 Å². The van der Waals surface area contributed by atoms with E-state index in [-0.39, 0.29) is 16.6 Å². The number of imidazole rings is 1. The topological polar surface area (TPSA) is 46.4 Å². The van der Waals surface area contributed by atoms with Crippen molar-refractivity contribution in [1.82, 2.24) is 9.38 Å². The highest BCUT2D eigenvalue weighted by Gasteiger charge is 2.11. The molecule has 0 aliphatic rings. The van der Waals surface area contributed by atoms with Crippen molar-refractivity contribution in [1.29, 1.82) is 0 Å². The zero-order valence-electron chi connectivity index (χ0n) is 10.2. The molecule has 0 unspecified atom stereocenters. The summed E-state index contributed by atoms with van der Waals surface area (Å²) >= 11 is 5.66. The Labute approximate surface area is 118 Å². The van der Waals surface area contributed by atoms with Gasteiger partial charge in [0, 0.05) is 18.1 Å². The van der Waals surface area contributed by atoms with Crippen LogP contribution in [0.4, 0.5) is 10.1 Å². The predicted octanol–water partition coefficient (Wildman–Crippen LogP) is 3.38. The van der Waals surface area contributed by atoms with Crippen LogP contribution in [0.5, 0.6) is 0 Å². The molecule has 6 heteroatoms. The molecular formula is C14H9ClFN3O. The van der Waals surface area contributed by atoms with Crippen LogP contribution in [-0.2, 0) is 0 Å².